The maximum absolute atomic E-state index is 12.7. The molecule has 1 atom stereocenters. The molecule has 0 bridgehead atoms. The molecule has 1 aliphatic carbocycles. The van der Waals surface area contributed by atoms with E-state index in [1.165, 1.54) is 6.33 Å². The molecule has 2 heterocycles. The minimum absolute atomic E-state index is 0.00766. The van der Waals surface area contributed by atoms with Gasteiger partial charge in [0, 0.05) is 5.02 Å². The molecule has 23 heavy (non-hydrogen) atoms. The number of nitrogens with zero attached hydrogens (tertiary/aromatic N) is 2. The summed E-state index contributed by atoms with van der Waals surface area (Å²) in [5.41, 5.74) is 0.577. The zero-order valence-electron chi connectivity index (χ0n) is 12.5. The number of fused-ring (bicyclic) bond motifs is 1. The Balaban J connectivity index is 1.50. The van der Waals surface area contributed by atoms with Crippen molar-refractivity contribution in [1.29, 1.82) is 0 Å². The number of hydrogen-bond donors (Lipinski definition) is 2. The molecule has 0 radical (unpaired) electrons. The van der Waals surface area contributed by atoms with Gasteiger partial charge < -0.3 is 10.1 Å². The van der Waals surface area contributed by atoms with Crippen molar-refractivity contribution >= 4 is 17.5 Å². The molecule has 120 valence electrons. The van der Waals surface area contributed by atoms with Gasteiger partial charge >= 0.3 is 0 Å². The Hall–Kier alpha value is -2.08. The molecule has 2 aromatic rings. The average molecular weight is 333 g/mol. The van der Waals surface area contributed by atoms with Crippen LogP contribution in [0.5, 0.6) is 5.75 Å². The molecule has 6 nitrogen and oxygen atoms in total. The summed E-state index contributed by atoms with van der Waals surface area (Å²) in [4.78, 5) is 16.9. The number of aromatic nitrogens is 3. The minimum Gasteiger partial charge on any atom is -0.492 e. The fourth-order valence-corrected chi connectivity index (χ4v) is 3.45. The first-order valence-corrected chi connectivity index (χ1v) is 8.13. The zero-order valence-corrected chi connectivity index (χ0v) is 13.3. The Kier molecular flexibility index (Phi) is 3.49. The van der Waals surface area contributed by atoms with Gasteiger partial charge in [-0.1, -0.05) is 11.6 Å². The third kappa shape index (κ3) is 2.57. The molecular formula is C16H17ClN4O2. The quantitative estimate of drug-likeness (QED) is 0.903. The number of carbonyl (C=O) groups excluding carboxylic acids is 1. The van der Waals surface area contributed by atoms with Crippen molar-refractivity contribution in [2.45, 2.75) is 31.2 Å². The van der Waals surface area contributed by atoms with Crippen LogP contribution in [0.15, 0.2) is 24.5 Å². The first-order valence-electron chi connectivity index (χ1n) is 7.75. The lowest BCUT2D eigenvalue weighted by Gasteiger charge is -2.41. The van der Waals surface area contributed by atoms with Crippen LogP contribution in [0.25, 0.3) is 0 Å². The highest BCUT2D eigenvalue weighted by Gasteiger charge is 2.44. The van der Waals surface area contributed by atoms with Gasteiger partial charge in [-0.15, -0.1) is 0 Å². The summed E-state index contributed by atoms with van der Waals surface area (Å²) in [6.07, 6.45) is 4.94. The average Bonchev–Trinajstić information content (AvgIpc) is 3.04. The van der Waals surface area contributed by atoms with Gasteiger partial charge in [0.25, 0.3) is 0 Å². The number of nitrogens with one attached hydrogen (secondary N) is 2. The summed E-state index contributed by atoms with van der Waals surface area (Å²) in [5, 5.41) is 10.6. The molecule has 1 amide bonds. The standard InChI is InChI=1S/C16H17ClN4O2/c17-12-2-3-13-10(7-12)6-11(8-23-13)14(22)20-16(4-1-5-16)15-18-9-19-21-15/h2-3,7,9,11H,1,4-6,8H2,(H,20,22)(H,18,19,21)/t11-/m0/s1. The maximum Gasteiger partial charge on any atom is 0.227 e. The highest BCUT2D eigenvalue weighted by Crippen LogP contribution is 2.40. The van der Waals surface area contributed by atoms with Crippen LogP contribution >= 0.6 is 11.6 Å². The zero-order chi connectivity index (χ0) is 15.9. The van der Waals surface area contributed by atoms with Crippen molar-refractivity contribution in [3.8, 4) is 5.75 Å². The second-order valence-corrected chi connectivity index (χ2v) is 6.66. The number of hydrogen-bond acceptors (Lipinski definition) is 4. The van der Waals surface area contributed by atoms with E-state index >= 15 is 0 Å². The number of benzene rings is 1. The van der Waals surface area contributed by atoms with Crippen LogP contribution in [0, 0.1) is 5.92 Å². The normalized spacial score (nSPS) is 21.7. The maximum atomic E-state index is 12.7. The van der Waals surface area contributed by atoms with E-state index < -0.39 is 5.54 Å². The Morgan fingerprint density at radius 2 is 2.30 bits per heavy atom. The van der Waals surface area contributed by atoms with Crippen LogP contribution in [0.4, 0.5) is 0 Å². The first kappa shape index (κ1) is 14.5. The van der Waals surface area contributed by atoms with Crippen LogP contribution in [0.3, 0.4) is 0 Å². The van der Waals surface area contributed by atoms with E-state index in [-0.39, 0.29) is 11.8 Å². The van der Waals surface area contributed by atoms with Crippen molar-refractivity contribution in [3.05, 3.63) is 40.9 Å². The van der Waals surface area contributed by atoms with Gasteiger partial charge in [0.15, 0.2) is 0 Å². The van der Waals surface area contributed by atoms with E-state index in [4.69, 9.17) is 16.3 Å². The van der Waals surface area contributed by atoms with E-state index in [0.717, 1.165) is 36.4 Å². The third-order valence-corrected chi connectivity index (χ3v) is 4.97. The minimum atomic E-state index is -0.401. The number of carbonyl (C=O) groups is 1. The Morgan fingerprint density at radius 3 is 3.00 bits per heavy atom. The summed E-state index contributed by atoms with van der Waals surface area (Å²) >= 11 is 6.03. The van der Waals surface area contributed by atoms with Gasteiger partial charge in [0.05, 0.1) is 11.5 Å². The molecule has 1 aliphatic heterocycles. The van der Waals surface area contributed by atoms with Crippen molar-refractivity contribution in [3.63, 3.8) is 0 Å². The van der Waals surface area contributed by atoms with Gasteiger partial charge in [-0.05, 0) is 49.4 Å². The van der Waals surface area contributed by atoms with Gasteiger partial charge in [-0.2, -0.15) is 5.10 Å². The summed E-state index contributed by atoms with van der Waals surface area (Å²) in [6.45, 7) is 0.382. The third-order valence-electron chi connectivity index (χ3n) is 4.74. The summed E-state index contributed by atoms with van der Waals surface area (Å²) in [6, 6.07) is 5.52. The molecule has 1 aromatic carbocycles. The SMILES string of the molecule is O=C(NC1(c2ncn[nH]2)CCC1)[C@@H]1COc2ccc(Cl)cc2C1. The van der Waals surface area contributed by atoms with Gasteiger partial charge in [-0.3, -0.25) is 9.89 Å². The van der Waals surface area contributed by atoms with E-state index in [9.17, 15) is 4.79 Å². The molecule has 0 spiro atoms. The topological polar surface area (TPSA) is 79.9 Å². The molecule has 1 saturated carbocycles. The van der Waals surface area contributed by atoms with E-state index in [1.54, 1.807) is 6.07 Å². The van der Waals surface area contributed by atoms with Gasteiger partial charge in [0.1, 0.15) is 24.5 Å². The number of aromatic amines is 1. The highest BCUT2D eigenvalue weighted by atomic mass is 35.5. The second kappa shape index (κ2) is 5.53. The number of amides is 1. The number of H-pyrrole nitrogens is 1. The lowest BCUT2D eigenvalue weighted by Crippen LogP contribution is -2.54. The van der Waals surface area contributed by atoms with E-state index in [1.807, 2.05) is 12.1 Å². The Morgan fingerprint density at radius 1 is 1.43 bits per heavy atom. The van der Waals surface area contributed by atoms with Crippen LogP contribution in [-0.4, -0.2) is 27.7 Å². The molecule has 0 unspecified atom stereocenters. The molecule has 2 N–H and O–H groups in total. The monoisotopic (exact) mass is 332 g/mol. The van der Waals surface area contributed by atoms with Gasteiger partial charge in [0.2, 0.25) is 5.91 Å². The first-order chi connectivity index (χ1) is 11.2. The lowest BCUT2D eigenvalue weighted by atomic mass is 9.75. The second-order valence-electron chi connectivity index (χ2n) is 6.22. The van der Waals surface area contributed by atoms with Crippen LogP contribution in [0.2, 0.25) is 5.02 Å². The predicted molar refractivity (Wildman–Crippen MR) is 84.2 cm³/mol. The van der Waals surface area contributed by atoms with Crippen LogP contribution < -0.4 is 10.1 Å². The molecule has 2 aliphatic rings. The van der Waals surface area contributed by atoms with Gasteiger partial charge in [-0.25, -0.2) is 4.98 Å². The number of halogens is 1. The van der Waals surface area contributed by atoms with E-state index in [2.05, 4.69) is 20.5 Å². The largest absolute Gasteiger partial charge is 0.492 e. The molecule has 1 fully saturated rings. The molecule has 1 aromatic heterocycles. The molecular weight excluding hydrogens is 316 g/mol. The number of rotatable bonds is 3. The van der Waals surface area contributed by atoms with Crippen molar-refractivity contribution in [2.75, 3.05) is 6.61 Å². The Labute approximate surface area is 138 Å². The van der Waals surface area contributed by atoms with Crippen molar-refractivity contribution in [1.82, 2.24) is 20.5 Å². The summed E-state index contributed by atoms with van der Waals surface area (Å²) in [7, 11) is 0. The van der Waals surface area contributed by atoms with Crippen molar-refractivity contribution in [2.24, 2.45) is 5.92 Å². The smallest absolute Gasteiger partial charge is 0.227 e. The van der Waals surface area contributed by atoms with Crippen LogP contribution in [-0.2, 0) is 16.8 Å². The lowest BCUT2D eigenvalue weighted by molar-refractivity contribution is -0.129. The predicted octanol–water partition coefficient (Wildman–Crippen LogP) is 2.20. The number of ether oxygens (including phenoxy) is 1. The Bertz CT molecular complexity index is 728. The molecule has 7 heteroatoms. The molecule has 0 saturated heterocycles. The highest BCUT2D eigenvalue weighted by molar-refractivity contribution is 6.30. The van der Waals surface area contributed by atoms with E-state index in [0.29, 0.717) is 18.1 Å². The van der Waals surface area contributed by atoms with Crippen molar-refractivity contribution < 1.29 is 9.53 Å². The summed E-state index contributed by atoms with van der Waals surface area (Å²) < 4.78 is 5.71. The fourth-order valence-electron chi connectivity index (χ4n) is 3.26. The fraction of sp³-hybridized carbons (Fsp3) is 0.438. The molecule has 4 rings (SSSR count). The summed E-state index contributed by atoms with van der Waals surface area (Å²) in [5.74, 6) is 1.32. The van der Waals surface area contributed by atoms with Crippen LogP contribution in [0.1, 0.15) is 30.7 Å².